The molecule has 0 aliphatic heterocycles. The maximum absolute atomic E-state index is 12.8. The van der Waals surface area contributed by atoms with E-state index in [1.807, 2.05) is 44.2 Å². The van der Waals surface area contributed by atoms with E-state index in [-0.39, 0.29) is 5.69 Å². The number of furan rings is 1. The Morgan fingerprint density at radius 2 is 2.08 bits per heavy atom. The largest absolute Gasteiger partial charge is 0.450 e. The highest BCUT2D eigenvalue weighted by atomic mass is 35.5. The van der Waals surface area contributed by atoms with Crippen molar-refractivity contribution in [3.8, 4) is 5.69 Å². The molecule has 0 unspecified atom stereocenters. The van der Waals surface area contributed by atoms with Crippen LogP contribution in [-0.4, -0.2) is 16.1 Å². The van der Waals surface area contributed by atoms with Crippen LogP contribution < -0.4 is 11.0 Å². The van der Waals surface area contributed by atoms with Gasteiger partial charge in [0.05, 0.1) is 5.69 Å². The number of halogens is 1. The van der Waals surface area contributed by atoms with Gasteiger partial charge in [-0.05, 0) is 49.7 Å². The van der Waals surface area contributed by atoms with Crippen molar-refractivity contribution >= 4 is 39.5 Å². The van der Waals surface area contributed by atoms with Gasteiger partial charge < -0.3 is 9.73 Å². The first-order chi connectivity index (χ1) is 12.1. The lowest BCUT2D eigenvalue weighted by Crippen LogP contribution is -2.23. The predicted octanol–water partition coefficient (Wildman–Crippen LogP) is 4.53. The molecule has 0 aliphatic carbocycles. The van der Waals surface area contributed by atoms with E-state index < -0.39 is 0 Å². The van der Waals surface area contributed by atoms with Crippen LogP contribution in [-0.2, 0) is 0 Å². The fraction of sp³-hybridized carbons (Fsp3) is 0.158. The van der Waals surface area contributed by atoms with Crippen molar-refractivity contribution in [1.82, 2.24) is 9.55 Å². The van der Waals surface area contributed by atoms with Crippen LogP contribution in [0.25, 0.3) is 27.8 Å². The van der Waals surface area contributed by atoms with Gasteiger partial charge in [-0.1, -0.05) is 23.7 Å². The second-order valence-electron chi connectivity index (χ2n) is 5.87. The number of aromatic nitrogens is 2. The molecule has 0 bridgehead atoms. The number of hydrogen-bond acceptors (Lipinski definition) is 4. The zero-order chi connectivity index (χ0) is 17.6. The fourth-order valence-corrected chi connectivity index (χ4v) is 3.20. The lowest BCUT2D eigenvalue weighted by atomic mass is 10.2. The first kappa shape index (κ1) is 15.7. The van der Waals surface area contributed by atoms with Gasteiger partial charge in [-0.25, -0.2) is 4.79 Å². The summed E-state index contributed by atoms with van der Waals surface area (Å²) >= 11 is 6.18. The molecule has 25 heavy (non-hydrogen) atoms. The minimum absolute atomic E-state index is 0.364. The number of hydrogen-bond donors (Lipinski definition) is 1. The molecule has 4 rings (SSSR count). The summed E-state index contributed by atoms with van der Waals surface area (Å²) in [7, 11) is 0. The molecule has 0 spiro atoms. The van der Waals surface area contributed by atoms with Crippen molar-refractivity contribution in [2.24, 2.45) is 0 Å². The third kappa shape index (κ3) is 2.57. The summed E-state index contributed by atoms with van der Waals surface area (Å²) in [4.78, 5) is 17.0. The third-order valence-corrected chi connectivity index (χ3v) is 4.30. The number of benzene rings is 2. The van der Waals surface area contributed by atoms with Gasteiger partial charge in [0, 0.05) is 17.0 Å². The van der Waals surface area contributed by atoms with Crippen LogP contribution in [0.1, 0.15) is 12.5 Å². The molecular formula is C19H16ClN3O2. The summed E-state index contributed by atoms with van der Waals surface area (Å²) in [6.45, 7) is 4.56. The Hall–Kier alpha value is -2.79. The molecule has 6 heteroatoms. The lowest BCUT2D eigenvalue weighted by molar-refractivity contribution is 0.664. The Labute approximate surface area is 148 Å². The van der Waals surface area contributed by atoms with Gasteiger partial charge in [-0.3, -0.25) is 4.57 Å². The van der Waals surface area contributed by atoms with Gasteiger partial charge in [-0.15, -0.1) is 0 Å². The number of fused-ring (bicyclic) bond motifs is 3. The summed E-state index contributed by atoms with van der Waals surface area (Å²) in [5.74, 6) is 0.443. The molecule has 2 aromatic carbocycles. The van der Waals surface area contributed by atoms with Crippen LogP contribution in [0.3, 0.4) is 0 Å². The molecule has 0 saturated carbocycles. The van der Waals surface area contributed by atoms with Crippen molar-refractivity contribution < 1.29 is 4.42 Å². The third-order valence-electron chi connectivity index (χ3n) is 4.07. The first-order valence-corrected chi connectivity index (χ1v) is 8.42. The number of aryl methyl sites for hydroxylation is 1. The molecule has 0 amide bonds. The second-order valence-corrected chi connectivity index (χ2v) is 6.30. The Balaban J connectivity index is 2.20. The molecule has 0 atom stereocenters. The molecule has 0 saturated heterocycles. The van der Waals surface area contributed by atoms with Crippen LogP contribution in [0.4, 0.5) is 5.82 Å². The highest BCUT2D eigenvalue weighted by molar-refractivity contribution is 6.31. The molecule has 0 fully saturated rings. The summed E-state index contributed by atoms with van der Waals surface area (Å²) in [6.07, 6.45) is 0. The van der Waals surface area contributed by atoms with Crippen molar-refractivity contribution in [3.63, 3.8) is 0 Å². The maximum atomic E-state index is 12.8. The van der Waals surface area contributed by atoms with E-state index in [2.05, 4.69) is 10.3 Å². The summed E-state index contributed by atoms with van der Waals surface area (Å²) < 4.78 is 7.57. The number of anilines is 1. The van der Waals surface area contributed by atoms with E-state index in [9.17, 15) is 4.79 Å². The van der Waals surface area contributed by atoms with Crippen LogP contribution in [0.5, 0.6) is 0 Å². The van der Waals surface area contributed by atoms with Gasteiger partial charge in [-0.2, -0.15) is 4.98 Å². The topological polar surface area (TPSA) is 60.1 Å². The van der Waals surface area contributed by atoms with Gasteiger partial charge in [0.1, 0.15) is 11.1 Å². The Morgan fingerprint density at radius 1 is 1.24 bits per heavy atom. The zero-order valence-corrected chi connectivity index (χ0v) is 14.6. The van der Waals surface area contributed by atoms with E-state index in [1.54, 1.807) is 16.7 Å². The Bertz CT molecular complexity index is 1160. The zero-order valence-electron chi connectivity index (χ0n) is 13.8. The molecule has 5 nitrogen and oxygen atoms in total. The highest BCUT2D eigenvalue weighted by Crippen LogP contribution is 2.34. The highest BCUT2D eigenvalue weighted by Gasteiger charge is 2.19. The lowest BCUT2D eigenvalue weighted by Gasteiger charge is -2.10. The van der Waals surface area contributed by atoms with E-state index in [0.717, 1.165) is 16.6 Å². The first-order valence-electron chi connectivity index (χ1n) is 8.04. The molecule has 1 N–H and O–H groups in total. The monoisotopic (exact) mass is 353 g/mol. The maximum Gasteiger partial charge on any atom is 0.354 e. The number of nitrogens with one attached hydrogen (secondary N) is 1. The van der Waals surface area contributed by atoms with Crippen LogP contribution in [0.2, 0.25) is 5.02 Å². The van der Waals surface area contributed by atoms with E-state index >= 15 is 0 Å². The molecule has 2 heterocycles. The summed E-state index contributed by atoms with van der Waals surface area (Å²) in [5.41, 5.74) is 3.30. The quantitative estimate of drug-likeness (QED) is 0.588. The summed E-state index contributed by atoms with van der Waals surface area (Å²) in [6, 6.07) is 13.1. The minimum atomic E-state index is -0.364. The average molecular weight is 354 g/mol. The minimum Gasteiger partial charge on any atom is -0.450 e. The summed E-state index contributed by atoms with van der Waals surface area (Å²) in [5, 5.41) is 4.47. The average Bonchev–Trinajstić information content (AvgIpc) is 2.94. The van der Waals surface area contributed by atoms with E-state index in [1.165, 1.54) is 0 Å². The molecular weight excluding hydrogens is 338 g/mol. The van der Waals surface area contributed by atoms with Gasteiger partial charge in [0.2, 0.25) is 0 Å². The van der Waals surface area contributed by atoms with Gasteiger partial charge in [0.15, 0.2) is 11.4 Å². The van der Waals surface area contributed by atoms with E-state index in [0.29, 0.717) is 34.1 Å². The molecule has 126 valence electrons. The van der Waals surface area contributed by atoms with Crippen LogP contribution in [0, 0.1) is 6.92 Å². The Kier molecular flexibility index (Phi) is 3.73. The predicted molar refractivity (Wildman–Crippen MR) is 101 cm³/mol. The normalized spacial score (nSPS) is 11.3. The number of rotatable bonds is 3. The molecule has 0 aliphatic rings. The molecule has 4 aromatic rings. The van der Waals surface area contributed by atoms with Crippen molar-refractivity contribution in [3.05, 3.63) is 63.5 Å². The van der Waals surface area contributed by atoms with Crippen LogP contribution >= 0.6 is 11.6 Å². The van der Waals surface area contributed by atoms with Gasteiger partial charge >= 0.3 is 5.69 Å². The SMILES string of the molecule is CCNc1nc(=O)n(-c2cccc(C)c2)c2c1oc1ccc(Cl)cc12. The van der Waals surface area contributed by atoms with Crippen molar-refractivity contribution in [2.45, 2.75) is 13.8 Å². The second kappa shape index (κ2) is 5.93. The van der Waals surface area contributed by atoms with Gasteiger partial charge in [0.25, 0.3) is 0 Å². The van der Waals surface area contributed by atoms with Crippen LogP contribution in [0.15, 0.2) is 51.7 Å². The fourth-order valence-electron chi connectivity index (χ4n) is 3.03. The number of nitrogens with zero attached hydrogens (tertiary/aromatic N) is 2. The molecule has 0 radical (unpaired) electrons. The van der Waals surface area contributed by atoms with E-state index in [4.69, 9.17) is 16.0 Å². The standard InChI is InChI=1S/C19H16ClN3O2/c1-3-21-18-17-16(14-10-12(20)7-8-15(14)25-17)23(19(24)22-18)13-6-4-5-11(2)9-13/h4-10H,3H2,1-2H3,(H,21,22,24). The smallest absolute Gasteiger partial charge is 0.354 e. The molecule has 2 aromatic heterocycles. The van der Waals surface area contributed by atoms with Crippen molar-refractivity contribution in [2.75, 3.05) is 11.9 Å². The Morgan fingerprint density at radius 3 is 2.84 bits per heavy atom. The van der Waals surface area contributed by atoms with Crippen molar-refractivity contribution in [1.29, 1.82) is 0 Å².